The second kappa shape index (κ2) is 12.9. The van der Waals surface area contributed by atoms with Crippen LogP contribution < -0.4 is 5.32 Å². The van der Waals surface area contributed by atoms with Gasteiger partial charge in [0, 0.05) is 31.2 Å². The summed E-state index contributed by atoms with van der Waals surface area (Å²) in [5, 5.41) is 2.87. The highest BCUT2D eigenvalue weighted by Gasteiger charge is 2.33. The van der Waals surface area contributed by atoms with E-state index in [4.69, 9.17) is 4.99 Å². The number of thiazole rings is 1. The van der Waals surface area contributed by atoms with Crippen LogP contribution in [0.15, 0.2) is 41.0 Å². The molecule has 2 atom stereocenters. The molecule has 1 N–H and O–H groups in total. The minimum absolute atomic E-state index is 0.0572. The van der Waals surface area contributed by atoms with Crippen molar-refractivity contribution in [3.63, 3.8) is 0 Å². The molecule has 2 aromatic rings. The van der Waals surface area contributed by atoms with Gasteiger partial charge in [0.25, 0.3) is 0 Å². The molecular weight excluding hydrogens is 454 g/mol. The fourth-order valence-corrected chi connectivity index (χ4v) is 4.91. The van der Waals surface area contributed by atoms with Crippen molar-refractivity contribution in [2.75, 3.05) is 0 Å². The first-order chi connectivity index (χ1) is 16.4. The van der Waals surface area contributed by atoms with Crippen LogP contribution in [0.2, 0.25) is 0 Å². The number of aliphatic imine (C=N–C) groups is 1. The van der Waals surface area contributed by atoms with Crippen LogP contribution in [0.1, 0.15) is 85.4 Å². The number of allylic oxidation sites excluding steroid dienone is 1. The lowest BCUT2D eigenvalue weighted by molar-refractivity contribution is -0.129. The van der Waals surface area contributed by atoms with Crippen LogP contribution in [0.5, 0.6) is 0 Å². The third-order valence-electron chi connectivity index (χ3n) is 6.29. The Morgan fingerprint density at radius 3 is 2.31 bits per heavy atom. The van der Waals surface area contributed by atoms with Gasteiger partial charge in [0.2, 0.25) is 5.91 Å². The van der Waals surface area contributed by atoms with Crippen molar-refractivity contribution in [2.45, 2.75) is 87.1 Å². The van der Waals surface area contributed by atoms with Gasteiger partial charge >= 0.3 is 0 Å². The monoisotopic (exact) mass is 495 g/mol. The van der Waals surface area contributed by atoms with E-state index in [1.54, 1.807) is 11.3 Å². The number of rotatable bonds is 11. The Kier molecular flexibility index (Phi) is 10.6. The van der Waals surface area contributed by atoms with Crippen molar-refractivity contribution in [3.05, 3.63) is 47.2 Å². The van der Waals surface area contributed by atoms with Crippen molar-refractivity contribution in [1.82, 2.24) is 10.3 Å². The molecule has 5 nitrogen and oxygen atoms in total. The van der Waals surface area contributed by atoms with Crippen molar-refractivity contribution >= 4 is 34.3 Å². The number of aromatic nitrogens is 1. The second-order valence-corrected chi connectivity index (χ2v) is 11.3. The average molecular weight is 496 g/mol. The van der Waals surface area contributed by atoms with Crippen molar-refractivity contribution in [3.8, 4) is 10.4 Å². The molecule has 190 valence electrons. The highest BCUT2D eigenvalue weighted by Crippen LogP contribution is 2.29. The molecular formula is C29H41N3O2S. The normalized spacial score (nSPS) is 14.5. The number of carbonyl (C=O) groups is 2. The molecule has 0 aliphatic carbocycles. The molecule has 0 saturated carbocycles. The molecule has 0 saturated heterocycles. The highest BCUT2D eigenvalue weighted by atomic mass is 32.1. The predicted octanol–water partition coefficient (Wildman–Crippen LogP) is 7.26. The number of hydrogen-bond donors (Lipinski definition) is 1. The maximum absolute atomic E-state index is 13.2. The third kappa shape index (κ3) is 8.53. The van der Waals surface area contributed by atoms with Crippen molar-refractivity contribution < 1.29 is 9.59 Å². The van der Waals surface area contributed by atoms with E-state index in [-0.39, 0.29) is 23.0 Å². The molecule has 1 heterocycles. The van der Waals surface area contributed by atoms with Crippen LogP contribution in [0, 0.1) is 18.3 Å². The largest absolute Gasteiger partial charge is 0.346 e. The van der Waals surface area contributed by atoms with Crippen LogP contribution in [0.4, 0.5) is 0 Å². The molecule has 0 bridgehead atoms. The molecule has 2 unspecified atom stereocenters. The smallest absolute Gasteiger partial charge is 0.217 e. The van der Waals surface area contributed by atoms with E-state index in [9.17, 15) is 9.59 Å². The lowest BCUT2D eigenvalue weighted by Crippen LogP contribution is -2.49. The summed E-state index contributed by atoms with van der Waals surface area (Å²) in [7, 11) is 0. The molecule has 6 heteroatoms. The van der Waals surface area contributed by atoms with E-state index < -0.39 is 6.04 Å². The number of carbonyl (C=O) groups excluding carboxylic acids is 2. The van der Waals surface area contributed by atoms with Crippen molar-refractivity contribution in [1.29, 1.82) is 0 Å². The van der Waals surface area contributed by atoms with Gasteiger partial charge in [0.15, 0.2) is 5.78 Å². The first kappa shape index (κ1) is 28.6. The van der Waals surface area contributed by atoms with Gasteiger partial charge in [-0.1, -0.05) is 64.8 Å². The fraction of sp³-hybridized carbons (Fsp3) is 0.517. The molecule has 1 aromatic carbocycles. The first-order valence-electron chi connectivity index (χ1n) is 12.5. The molecule has 2 rings (SSSR count). The zero-order chi connectivity index (χ0) is 26.2. The van der Waals surface area contributed by atoms with E-state index >= 15 is 0 Å². The Hall–Kier alpha value is -2.60. The number of hydrogen-bond acceptors (Lipinski definition) is 5. The van der Waals surface area contributed by atoms with E-state index in [0.29, 0.717) is 6.42 Å². The lowest BCUT2D eigenvalue weighted by Gasteiger charge is -2.31. The quantitative estimate of drug-likeness (QED) is 0.334. The van der Waals surface area contributed by atoms with Crippen molar-refractivity contribution in [2.24, 2.45) is 16.3 Å². The number of ketones is 1. The van der Waals surface area contributed by atoms with E-state index in [1.165, 1.54) is 17.4 Å². The number of nitrogens with one attached hydrogen (secondary N) is 1. The number of Topliss-reactive ketones (excluding diaryl/α,β-unsaturated/α-hetero) is 1. The zero-order valence-corrected chi connectivity index (χ0v) is 23.4. The maximum Gasteiger partial charge on any atom is 0.217 e. The van der Waals surface area contributed by atoms with Crippen LogP contribution in [0.3, 0.4) is 0 Å². The maximum atomic E-state index is 13.2. The number of aryl methyl sites for hydroxylation is 1. The minimum Gasteiger partial charge on any atom is -0.346 e. The molecule has 1 amide bonds. The van der Waals surface area contributed by atoms with Gasteiger partial charge in [-0.2, -0.15) is 0 Å². The van der Waals surface area contributed by atoms with Crippen LogP contribution in [-0.2, 0) is 9.59 Å². The topological polar surface area (TPSA) is 71.4 Å². The number of amides is 1. The Morgan fingerprint density at radius 1 is 1.14 bits per heavy atom. The zero-order valence-electron chi connectivity index (χ0n) is 22.6. The van der Waals surface area contributed by atoms with E-state index in [0.717, 1.165) is 41.8 Å². The third-order valence-corrected chi connectivity index (χ3v) is 7.27. The minimum atomic E-state index is -0.505. The molecule has 0 radical (unpaired) electrons. The molecule has 1 aromatic heterocycles. The summed E-state index contributed by atoms with van der Waals surface area (Å²) >= 11 is 1.65. The summed E-state index contributed by atoms with van der Waals surface area (Å²) in [6.07, 6.45) is 5.29. The van der Waals surface area contributed by atoms with Gasteiger partial charge in [-0.25, -0.2) is 4.98 Å². The Bertz CT molecular complexity index is 1060. The summed E-state index contributed by atoms with van der Waals surface area (Å²) in [6, 6.07) is 7.98. The van der Waals surface area contributed by atoms with Gasteiger partial charge in [-0.15, -0.1) is 11.3 Å². The molecule has 0 aliphatic heterocycles. The highest BCUT2D eigenvalue weighted by molar-refractivity contribution is 7.13. The average Bonchev–Trinajstić information content (AvgIpc) is 3.23. The summed E-state index contributed by atoms with van der Waals surface area (Å²) < 4.78 is 0. The SMILES string of the molecule is CCCCC(CC(=O)C(NC(C)=O)C(C)(C)C)/C(C)=N/C=C(\C)c1ccc(-c2scnc2C)cc1. The van der Waals surface area contributed by atoms with Gasteiger partial charge in [-0.3, -0.25) is 14.6 Å². The van der Waals surface area contributed by atoms with Gasteiger partial charge in [-0.05, 0) is 49.3 Å². The van der Waals surface area contributed by atoms with Crippen LogP contribution >= 0.6 is 11.3 Å². The second-order valence-electron chi connectivity index (χ2n) is 10.4. The van der Waals surface area contributed by atoms with Gasteiger partial charge in [0.05, 0.1) is 22.1 Å². The number of unbranched alkanes of at least 4 members (excludes halogenated alkanes) is 1. The predicted molar refractivity (Wildman–Crippen MR) is 149 cm³/mol. The lowest BCUT2D eigenvalue weighted by atomic mass is 9.80. The van der Waals surface area contributed by atoms with Gasteiger partial charge in [0.1, 0.15) is 0 Å². The summed E-state index contributed by atoms with van der Waals surface area (Å²) in [5.74, 6) is -0.0522. The summed E-state index contributed by atoms with van der Waals surface area (Å²) in [5.41, 5.74) is 6.90. The first-order valence-corrected chi connectivity index (χ1v) is 13.3. The Balaban J connectivity index is 2.20. The Labute approximate surface area is 215 Å². The molecule has 0 aliphatic rings. The number of nitrogens with zero attached hydrogens (tertiary/aromatic N) is 2. The Morgan fingerprint density at radius 2 is 1.80 bits per heavy atom. The molecule has 35 heavy (non-hydrogen) atoms. The molecule has 0 spiro atoms. The standard InChI is InChI=1S/C29H41N3O2S/c1-9-10-11-25(16-26(34)28(29(6,7)8)32-22(5)33)20(3)30-17-19(2)23-12-14-24(15-13-23)27-21(4)31-18-35-27/h12-15,17-18,25,28H,9-11,16H2,1-8H3,(H,32,33)/b19-17+,30-20+. The van der Waals surface area contributed by atoms with Crippen LogP contribution in [0.25, 0.3) is 16.0 Å². The molecule has 0 fully saturated rings. The number of benzene rings is 1. The summed E-state index contributed by atoms with van der Waals surface area (Å²) in [6.45, 7) is 15.7. The van der Waals surface area contributed by atoms with Crippen LogP contribution in [-0.4, -0.2) is 28.4 Å². The van der Waals surface area contributed by atoms with Gasteiger partial charge < -0.3 is 5.32 Å². The summed E-state index contributed by atoms with van der Waals surface area (Å²) in [4.78, 5) is 35.3. The van der Waals surface area contributed by atoms with E-state index in [1.807, 2.05) is 46.3 Å². The van der Waals surface area contributed by atoms with E-state index in [2.05, 4.69) is 48.4 Å². The fourth-order valence-electron chi connectivity index (χ4n) is 4.10.